The second kappa shape index (κ2) is 11.1. The Kier molecular flexibility index (Phi) is 8.26. The first-order valence-corrected chi connectivity index (χ1v) is 14.1. The number of nitrogens with zero attached hydrogens (tertiary/aromatic N) is 2. The largest absolute Gasteiger partial charge is 0.497 e. The summed E-state index contributed by atoms with van der Waals surface area (Å²) in [4.78, 5) is 6.89. The van der Waals surface area contributed by atoms with Gasteiger partial charge in [0.1, 0.15) is 27.5 Å². The molecule has 1 aliphatic rings. The van der Waals surface area contributed by atoms with Crippen molar-refractivity contribution in [2.45, 2.75) is 33.5 Å². The molecule has 4 rings (SSSR count). The SMILES string of the molecule is COc1cccc(Sc2ncc(S(=O)(=O)Nc3ccc(C(F)(F)F)c(OC4CCN(C)C4)c3)cc2Br)c1. The Hall–Kier alpha value is -2.48. The number of alkyl halides is 3. The highest BCUT2D eigenvalue weighted by Gasteiger charge is 2.36. The number of pyridine rings is 1. The van der Waals surface area contributed by atoms with Crippen LogP contribution in [0.2, 0.25) is 0 Å². The molecule has 13 heteroatoms. The molecule has 0 bridgehead atoms. The van der Waals surface area contributed by atoms with Crippen molar-refractivity contribution < 1.29 is 31.1 Å². The molecule has 1 N–H and O–H groups in total. The van der Waals surface area contributed by atoms with Gasteiger partial charge in [-0.05, 0) is 65.8 Å². The van der Waals surface area contributed by atoms with Crippen LogP contribution in [0.5, 0.6) is 11.5 Å². The second-order valence-electron chi connectivity index (χ2n) is 8.34. The lowest BCUT2D eigenvalue weighted by molar-refractivity contribution is -0.139. The minimum absolute atomic E-state index is 0.0553. The van der Waals surface area contributed by atoms with Gasteiger partial charge in [-0.2, -0.15) is 13.2 Å². The summed E-state index contributed by atoms with van der Waals surface area (Å²) in [6.45, 7) is 1.18. The maximum Gasteiger partial charge on any atom is 0.419 e. The normalized spacial score (nSPS) is 16.5. The number of ether oxygens (including phenoxy) is 2. The lowest BCUT2D eigenvalue weighted by atomic mass is 10.1. The molecule has 1 unspecified atom stereocenters. The number of hydrogen-bond acceptors (Lipinski definition) is 7. The zero-order valence-electron chi connectivity index (χ0n) is 19.8. The van der Waals surface area contributed by atoms with Gasteiger partial charge in [-0.25, -0.2) is 13.4 Å². The molecule has 0 spiro atoms. The third kappa shape index (κ3) is 6.89. The van der Waals surface area contributed by atoms with Crippen molar-refractivity contribution in [1.82, 2.24) is 9.88 Å². The van der Waals surface area contributed by atoms with Crippen molar-refractivity contribution in [3.05, 3.63) is 64.8 Å². The first kappa shape index (κ1) is 27.6. The molecule has 1 atom stereocenters. The third-order valence-electron chi connectivity index (χ3n) is 5.53. The van der Waals surface area contributed by atoms with Crippen LogP contribution in [-0.2, 0) is 16.2 Å². The Balaban J connectivity index is 1.55. The van der Waals surface area contributed by atoms with E-state index in [4.69, 9.17) is 9.47 Å². The molecule has 1 fully saturated rings. The van der Waals surface area contributed by atoms with Gasteiger partial charge in [-0.15, -0.1) is 0 Å². The summed E-state index contributed by atoms with van der Waals surface area (Å²) in [5.74, 6) is 0.252. The van der Waals surface area contributed by atoms with Crippen LogP contribution >= 0.6 is 27.7 Å². The van der Waals surface area contributed by atoms with Crippen molar-refractivity contribution in [2.24, 2.45) is 0 Å². The van der Waals surface area contributed by atoms with E-state index >= 15 is 0 Å². The Morgan fingerprint density at radius 3 is 2.62 bits per heavy atom. The van der Waals surface area contributed by atoms with E-state index in [1.807, 2.05) is 30.1 Å². The summed E-state index contributed by atoms with van der Waals surface area (Å²) >= 11 is 4.67. The van der Waals surface area contributed by atoms with Crippen molar-refractivity contribution >= 4 is 43.4 Å². The Morgan fingerprint density at radius 2 is 1.97 bits per heavy atom. The predicted octanol–water partition coefficient (Wildman–Crippen LogP) is 5.91. The van der Waals surface area contributed by atoms with Crippen LogP contribution in [-0.4, -0.2) is 51.7 Å². The Morgan fingerprint density at radius 1 is 1.19 bits per heavy atom. The number of rotatable bonds is 8. The molecular formula is C24H23BrF3N3O4S2. The molecule has 2 aromatic carbocycles. The molecule has 37 heavy (non-hydrogen) atoms. The van der Waals surface area contributed by atoms with Crippen molar-refractivity contribution in [2.75, 3.05) is 32.0 Å². The second-order valence-corrected chi connectivity index (χ2v) is 11.9. The third-order valence-corrected chi connectivity index (χ3v) is 8.75. The van der Waals surface area contributed by atoms with E-state index in [0.717, 1.165) is 23.1 Å². The standard InChI is InChI=1S/C24H23BrF3N3O4S2/c1-31-9-8-17(14-31)35-22-10-15(6-7-20(22)24(26,27)28)30-37(32,33)19-12-21(25)23(29-13-19)36-18-5-3-4-16(11-18)34-2/h3-7,10-13,17,30H,8-9,14H2,1-2H3. The average Bonchev–Trinajstić information content (AvgIpc) is 3.24. The van der Waals surface area contributed by atoms with E-state index < -0.39 is 33.6 Å². The summed E-state index contributed by atoms with van der Waals surface area (Å²) < 4.78 is 80.4. The quantitative estimate of drug-likeness (QED) is 0.337. The molecule has 0 radical (unpaired) electrons. The van der Waals surface area contributed by atoms with Crippen LogP contribution in [0.3, 0.4) is 0 Å². The van der Waals surface area contributed by atoms with Crippen LogP contribution in [0, 0.1) is 0 Å². The van der Waals surface area contributed by atoms with E-state index in [9.17, 15) is 21.6 Å². The van der Waals surface area contributed by atoms with Crippen LogP contribution in [0.4, 0.5) is 18.9 Å². The van der Waals surface area contributed by atoms with Crippen molar-refractivity contribution in [3.63, 3.8) is 0 Å². The van der Waals surface area contributed by atoms with Gasteiger partial charge in [-0.3, -0.25) is 4.72 Å². The number of aromatic nitrogens is 1. The molecule has 3 aromatic rings. The maximum atomic E-state index is 13.6. The summed E-state index contributed by atoms with van der Waals surface area (Å²) in [6, 6.07) is 11.6. The summed E-state index contributed by atoms with van der Waals surface area (Å²) in [5, 5.41) is 0.527. The zero-order chi connectivity index (χ0) is 26.8. The van der Waals surface area contributed by atoms with Gasteiger partial charge >= 0.3 is 6.18 Å². The highest BCUT2D eigenvalue weighted by molar-refractivity contribution is 9.10. The number of likely N-dealkylation sites (N-methyl/N-ethyl adjacent to an activating group) is 1. The predicted molar refractivity (Wildman–Crippen MR) is 138 cm³/mol. The highest BCUT2D eigenvalue weighted by Crippen LogP contribution is 2.39. The van der Waals surface area contributed by atoms with Gasteiger partial charge in [0, 0.05) is 30.2 Å². The molecule has 2 heterocycles. The highest BCUT2D eigenvalue weighted by atomic mass is 79.9. The Labute approximate surface area is 225 Å². The molecule has 0 aliphatic carbocycles. The van der Waals surface area contributed by atoms with E-state index in [0.29, 0.717) is 34.8 Å². The number of methoxy groups -OCH3 is 1. The first-order chi connectivity index (χ1) is 17.4. The van der Waals surface area contributed by atoms with E-state index in [1.54, 1.807) is 13.2 Å². The summed E-state index contributed by atoms with van der Waals surface area (Å²) in [7, 11) is -0.742. The maximum absolute atomic E-state index is 13.6. The van der Waals surface area contributed by atoms with Gasteiger partial charge in [0.05, 0.1) is 22.8 Å². The zero-order valence-corrected chi connectivity index (χ0v) is 23.0. The summed E-state index contributed by atoms with van der Waals surface area (Å²) in [5.41, 5.74) is -1.02. The van der Waals surface area contributed by atoms with Crippen LogP contribution in [0.15, 0.2) is 74.0 Å². The molecule has 1 saturated heterocycles. The number of benzene rings is 2. The van der Waals surface area contributed by atoms with E-state index in [-0.39, 0.29) is 10.6 Å². The summed E-state index contributed by atoms with van der Waals surface area (Å²) in [6.07, 6.45) is -3.31. The number of likely N-dealkylation sites (tertiary alicyclic amines) is 1. The van der Waals surface area contributed by atoms with E-state index in [2.05, 4.69) is 25.6 Å². The minimum Gasteiger partial charge on any atom is -0.497 e. The number of anilines is 1. The fraction of sp³-hybridized carbons (Fsp3) is 0.292. The first-order valence-electron chi connectivity index (χ1n) is 11.0. The topological polar surface area (TPSA) is 80.8 Å². The number of nitrogens with one attached hydrogen (secondary N) is 1. The smallest absolute Gasteiger partial charge is 0.419 e. The number of sulfonamides is 1. The van der Waals surface area contributed by atoms with Gasteiger partial charge in [0.15, 0.2) is 0 Å². The molecule has 0 saturated carbocycles. The fourth-order valence-corrected chi connectivity index (χ4v) is 6.28. The Bertz CT molecular complexity index is 1390. The molecular weight excluding hydrogens is 595 g/mol. The molecule has 0 amide bonds. The van der Waals surface area contributed by atoms with Gasteiger partial charge < -0.3 is 14.4 Å². The average molecular weight is 618 g/mol. The molecule has 1 aromatic heterocycles. The van der Waals surface area contributed by atoms with Crippen LogP contribution in [0.1, 0.15) is 12.0 Å². The lowest BCUT2D eigenvalue weighted by Gasteiger charge is -2.19. The monoisotopic (exact) mass is 617 g/mol. The van der Waals surface area contributed by atoms with Crippen LogP contribution in [0.25, 0.3) is 0 Å². The van der Waals surface area contributed by atoms with Gasteiger partial charge in [0.25, 0.3) is 10.0 Å². The van der Waals surface area contributed by atoms with Gasteiger partial charge in [0.2, 0.25) is 0 Å². The number of hydrogen-bond donors (Lipinski definition) is 1. The number of halogens is 4. The minimum atomic E-state index is -4.65. The van der Waals surface area contributed by atoms with Crippen LogP contribution < -0.4 is 14.2 Å². The molecule has 1 aliphatic heterocycles. The van der Waals surface area contributed by atoms with Crippen molar-refractivity contribution in [3.8, 4) is 11.5 Å². The van der Waals surface area contributed by atoms with Crippen molar-refractivity contribution in [1.29, 1.82) is 0 Å². The molecule has 7 nitrogen and oxygen atoms in total. The van der Waals surface area contributed by atoms with E-state index in [1.165, 1.54) is 24.0 Å². The molecule has 198 valence electrons. The van der Waals surface area contributed by atoms with Gasteiger partial charge in [-0.1, -0.05) is 17.8 Å². The lowest BCUT2D eigenvalue weighted by Crippen LogP contribution is -2.23. The fourth-order valence-electron chi connectivity index (χ4n) is 3.71.